The Bertz CT molecular complexity index is 2130. The van der Waals surface area contributed by atoms with Crippen LogP contribution in [0.2, 0.25) is 0 Å². The van der Waals surface area contributed by atoms with Gasteiger partial charge in [-0.05, 0) is 86.6 Å². The quantitative estimate of drug-likeness (QED) is 0.0581. The fraction of sp³-hybridized carbons (Fsp3) is 0.444. The fourth-order valence-corrected chi connectivity index (χ4v) is 10.3. The van der Waals surface area contributed by atoms with Crippen LogP contribution in [0.1, 0.15) is 70.5 Å². The van der Waals surface area contributed by atoms with Gasteiger partial charge in [-0.15, -0.1) is 11.3 Å². The van der Waals surface area contributed by atoms with Crippen molar-refractivity contribution < 1.29 is 33.4 Å². The number of carbonyl (C=O) groups excluding carboxylic acids is 4. The topological polar surface area (TPSA) is 148 Å². The van der Waals surface area contributed by atoms with Gasteiger partial charge < -0.3 is 35.1 Å². The largest absolute Gasteiger partial charge is 0.491 e. The van der Waals surface area contributed by atoms with Crippen LogP contribution in [0.3, 0.4) is 0 Å². The number of amides is 4. The molecule has 14 heteroatoms. The van der Waals surface area contributed by atoms with E-state index in [4.69, 9.17) is 19.2 Å². The molecule has 59 heavy (non-hydrogen) atoms. The third-order valence-electron chi connectivity index (χ3n) is 10.9. The Labute approximate surface area is 354 Å². The molecule has 3 atom stereocenters. The zero-order valence-corrected chi connectivity index (χ0v) is 35.4. The molecule has 4 heterocycles. The molecule has 1 aromatic heterocycles. The molecule has 2 fully saturated rings. The Hall–Kier alpha value is -4.76. The van der Waals surface area contributed by atoms with Crippen LogP contribution in [0.4, 0.5) is 15.6 Å². The minimum Gasteiger partial charge on any atom is -0.491 e. The third kappa shape index (κ3) is 11.3. The fourth-order valence-electron chi connectivity index (χ4n) is 7.88. The van der Waals surface area contributed by atoms with Gasteiger partial charge in [-0.3, -0.25) is 14.4 Å². The Balaban J connectivity index is 0.747. The van der Waals surface area contributed by atoms with Gasteiger partial charge in [0.05, 0.1) is 44.0 Å². The zero-order chi connectivity index (χ0) is 41.1. The summed E-state index contributed by atoms with van der Waals surface area (Å²) < 4.78 is 17.2. The number of aryl methyl sites for hydroxylation is 2. The van der Waals surface area contributed by atoms with E-state index in [1.54, 1.807) is 0 Å². The van der Waals surface area contributed by atoms with Crippen molar-refractivity contribution in [1.29, 1.82) is 0 Å². The van der Waals surface area contributed by atoms with Crippen LogP contribution >= 0.6 is 23.1 Å². The molecule has 312 valence electrons. The summed E-state index contributed by atoms with van der Waals surface area (Å²) in [6.45, 7) is 6.77. The van der Waals surface area contributed by atoms with E-state index in [1.165, 1.54) is 11.3 Å². The molecule has 4 amide bonds. The van der Waals surface area contributed by atoms with Gasteiger partial charge in [-0.25, -0.2) is 9.78 Å². The van der Waals surface area contributed by atoms with Gasteiger partial charge in [-0.2, -0.15) is 11.8 Å². The van der Waals surface area contributed by atoms with E-state index in [1.807, 2.05) is 91.2 Å². The number of aromatic nitrogens is 1. The number of nitrogens with zero attached hydrogens (tertiary/aromatic N) is 2. The molecule has 0 bridgehead atoms. The maximum absolute atomic E-state index is 13.3. The lowest BCUT2D eigenvalue weighted by Crippen LogP contribution is -2.36. The van der Waals surface area contributed by atoms with Crippen LogP contribution in [0, 0.1) is 13.8 Å². The number of nitrogens with one attached hydrogen (secondary N) is 3. The van der Waals surface area contributed by atoms with Crippen molar-refractivity contribution in [3.8, 4) is 17.0 Å². The van der Waals surface area contributed by atoms with Crippen molar-refractivity contribution in [1.82, 2.24) is 15.6 Å². The molecule has 4 aromatic rings. The highest BCUT2D eigenvalue weighted by molar-refractivity contribution is 8.00. The molecule has 3 aromatic carbocycles. The van der Waals surface area contributed by atoms with Gasteiger partial charge in [0.1, 0.15) is 18.1 Å². The van der Waals surface area contributed by atoms with E-state index in [9.17, 15) is 19.2 Å². The van der Waals surface area contributed by atoms with Crippen LogP contribution in [0.15, 0.2) is 66.7 Å². The number of carbonyl (C=O) groups is 4. The Morgan fingerprint density at radius 3 is 2.58 bits per heavy atom. The highest BCUT2D eigenvalue weighted by atomic mass is 32.2. The van der Waals surface area contributed by atoms with Gasteiger partial charge in [0.2, 0.25) is 5.91 Å². The lowest BCUT2D eigenvalue weighted by molar-refractivity contribution is -0.119. The number of hydrogen-bond acceptors (Lipinski definition) is 10. The number of rotatable bonds is 21. The molecule has 0 unspecified atom stereocenters. The summed E-state index contributed by atoms with van der Waals surface area (Å²) in [5, 5.41) is 9.94. The second kappa shape index (κ2) is 20.5. The zero-order valence-electron chi connectivity index (χ0n) is 33.8. The highest BCUT2D eigenvalue weighted by Gasteiger charge is 2.42. The van der Waals surface area contributed by atoms with Crippen molar-refractivity contribution in [2.45, 2.75) is 82.5 Å². The number of anilines is 2. The minimum absolute atomic E-state index is 0.0165. The number of thiazole rings is 1. The van der Waals surface area contributed by atoms with Crippen molar-refractivity contribution >= 4 is 57.5 Å². The Morgan fingerprint density at radius 2 is 1.71 bits per heavy atom. The van der Waals surface area contributed by atoms with E-state index < -0.39 is 0 Å². The van der Waals surface area contributed by atoms with Crippen LogP contribution in [0.25, 0.3) is 11.3 Å². The van der Waals surface area contributed by atoms with Crippen LogP contribution in [-0.4, -0.2) is 91.3 Å². The molecule has 7 rings (SSSR count). The molecule has 3 aliphatic heterocycles. The predicted octanol–water partition coefficient (Wildman–Crippen LogP) is 7.30. The van der Waals surface area contributed by atoms with E-state index >= 15 is 0 Å². The van der Waals surface area contributed by atoms with Gasteiger partial charge in [0, 0.05) is 58.7 Å². The van der Waals surface area contributed by atoms with Crippen LogP contribution in [-0.2, 0) is 31.9 Å². The first-order valence-corrected chi connectivity index (χ1v) is 22.4. The number of urea groups is 1. The normalized spacial score (nSPS) is 18.0. The standard InChI is InChI=1S/C45H53N5O7S2/c1-29-9-3-5-14-36(29)43(53)50-19-18-32-27-33(16-17-38(32)50)41-30(2)59-45(49-41)47-40(52)26-31-10-7-13-35(25-31)57-24-23-56-22-21-55-20-8-12-34(51)11-4-6-15-39-42-37(28-58-39)46-44(54)48-42/h3,5,7,9-10,13-14,16-17,25,27,37,39,42H,4,6,8,11-12,15,18-24,26,28H2,1-2H3,(H2,46,48,54)(H,47,49,52)/t37-,39-,42-/m0/s1. The lowest BCUT2D eigenvalue weighted by Gasteiger charge is -2.18. The maximum Gasteiger partial charge on any atom is 0.315 e. The SMILES string of the molecule is Cc1ccccc1C(=O)N1CCc2cc(-c3nc(NC(=O)Cc4cccc(OCCOCCOCCCC(=O)CCCC[C@@H]5SC[C@@H]6NC(=O)N[C@@H]65)c4)sc3C)ccc21. The lowest BCUT2D eigenvalue weighted by atomic mass is 10.0. The molecular weight excluding hydrogens is 787 g/mol. The van der Waals surface area contributed by atoms with E-state index in [0.29, 0.717) is 75.0 Å². The van der Waals surface area contributed by atoms with E-state index in [-0.39, 0.29) is 42.1 Å². The third-order valence-corrected chi connectivity index (χ3v) is 13.3. The van der Waals surface area contributed by atoms with Gasteiger partial charge >= 0.3 is 6.03 Å². The first-order valence-electron chi connectivity index (χ1n) is 20.6. The number of hydrogen-bond donors (Lipinski definition) is 3. The smallest absolute Gasteiger partial charge is 0.315 e. The summed E-state index contributed by atoms with van der Waals surface area (Å²) in [6.07, 6.45) is 5.69. The highest BCUT2D eigenvalue weighted by Crippen LogP contribution is 2.37. The summed E-state index contributed by atoms with van der Waals surface area (Å²) >= 11 is 3.35. The first kappa shape index (κ1) is 42.4. The molecule has 12 nitrogen and oxygen atoms in total. The maximum atomic E-state index is 13.3. The Morgan fingerprint density at radius 1 is 0.898 bits per heavy atom. The van der Waals surface area contributed by atoms with Crippen molar-refractivity contribution in [2.75, 3.05) is 55.5 Å². The Kier molecular flexibility index (Phi) is 14.7. The number of thioether (sulfide) groups is 1. The van der Waals surface area contributed by atoms with Crippen LogP contribution < -0.4 is 25.6 Å². The molecular formula is C45H53N5O7S2. The first-order chi connectivity index (χ1) is 28.7. The number of ether oxygens (including phenoxy) is 3. The number of ketones is 1. The summed E-state index contributed by atoms with van der Waals surface area (Å²) in [7, 11) is 0. The van der Waals surface area contributed by atoms with Crippen LogP contribution in [0.5, 0.6) is 5.75 Å². The minimum atomic E-state index is -0.165. The molecule has 3 aliphatic rings. The number of unbranched alkanes of at least 4 members (excludes halogenated alkanes) is 1. The van der Waals surface area contributed by atoms with Gasteiger partial charge in [0.15, 0.2) is 5.13 Å². The van der Waals surface area contributed by atoms with E-state index in [2.05, 4.69) is 22.0 Å². The molecule has 0 radical (unpaired) electrons. The van der Waals surface area contributed by atoms with Gasteiger partial charge in [0.25, 0.3) is 5.91 Å². The van der Waals surface area contributed by atoms with E-state index in [0.717, 1.165) is 75.5 Å². The number of Topliss-reactive ketones (excluding diaryl/α,β-unsaturated/α-hetero) is 1. The summed E-state index contributed by atoms with van der Waals surface area (Å²) in [5.41, 5.74) is 6.33. The molecule has 0 saturated carbocycles. The van der Waals surface area contributed by atoms with Crippen molar-refractivity contribution in [3.63, 3.8) is 0 Å². The van der Waals surface area contributed by atoms with Gasteiger partial charge in [-0.1, -0.05) is 42.8 Å². The molecule has 2 saturated heterocycles. The average Bonchev–Trinajstić information content (AvgIpc) is 4.00. The summed E-state index contributed by atoms with van der Waals surface area (Å²) in [4.78, 5) is 57.8. The monoisotopic (exact) mass is 839 g/mol. The predicted molar refractivity (Wildman–Crippen MR) is 233 cm³/mol. The molecule has 0 spiro atoms. The number of benzene rings is 3. The summed E-state index contributed by atoms with van der Waals surface area (Å²) in [5.74, 6) is 1.75. The number of fused-ring (bicyclic) bond motifs is 2. The second-order valence-electron chi connectivity index (χ2n) is 15.2. The van der Waals surface area contributed by atoms with Crippen molar-refractivity contribution in [2.24, 2.45) is 0 Å². The van der Waals surface area contributed by atoms with Crippen molar-refractivity contribution in [3.05, 3.63) is 93.9 Å². The second-order valence-corrected chi connectivity index (χ2v) is 17.7. The molecule has 3 N–H and O–H groups in total. The molecule has 0 aliphatic carbocycles. The average molecular weight is 840 g/mol. The summed E-state index contributed by atoms with van der Waals surface area (Å²) in [6, 6.07) is 21.7.